The van der Waals surface area contributed by atoms with E-state index in [1.54, 1.807) is 31.2 Å². The summed E-state index contributed by atoms with van der Waals surface area (Å²) in [6, 6.07) is 13.4. The van der Waals surface area contributed by atoms with Gasteiger partial charge in [0.05, 0.1) is 22.6 Å². The van der Waals surface area contributed by atoms with Crippen LogP contribution in [0, 0.1) is 17.0 Å². The van der Waals surface area contributed by atoms with Gasteiger partial charge in [-0.2, -0.15) is 0 Å². The molecule has 0 aromatic heterocycles. The lowest BCUT2D eigenvalue weighted by molar-refractivity contribution is -0.385. The highest BCUT2D eigenvalue weighted by Gasteiger charge is 2.35. The van der Waals surface area contributed by atoms with Gasteiger partial charge in [-0.05, 0) is 62.2 Å². The molecule has 0 bridgehead atoms. The lowest BCUT2D eigenvalue weighted by atomic mass is 10.1. The summed E-state index contributed by atoms with van der Waals surface area (Å²) in [5.74, 6) is -1.06. The molecule has 230 valence electrons. The summed E-state index contributed by atoms with van der Waals surface area (Å²) < 4.78 is 34.5. The van der Waals surface area contributed by atoms with Crippen molar-refractivity contribution in [2.45, 2.75) is 44.7 Å². The molecule has 0 spiro atoms. The van der Waals surface area contributed by atoms with E-state index in [9.17, 15) is 28.1 Å². The van der Waals surface area contributed by atoms with E-state index in [-0.39, 0.29) is 28.6 Å². The molecule has 3 rings (SSSR count). The number of benzene rings is 3. The van der Waals surface area contributed by atoms with E-state index >= 15 is 0 Å². The van der Waals surface area contributed by atoms with E-state index in [2.05, 4.69) is 5.32 Å². The summed E-state index contributed by atoms with van der Waals surface area (Å²) in [5.41, 5.74) is 0.432. The first-order valence-electron chi connectivity index (χ1n) is 13.2. The number of nitro groups is 1. The van der Waals surface area contributed by atoms with Crippen molar-refractivity contribution < 1.29 is 27.7 Å². The normalized spacial score (nSPS) is 11.9. The van der Waals surface area contributed by atoms with Crippen molar-refractivity contribution in [3.05, 3.63) is 92.0 Å². The van der Waals surface area contributed by atoms with E-state index < -0.39 is 49.9 Å². The molecule has 0 radical (unpaired) electrons. The molecule has 0 aliphatic heterocycles. The molecule has 0 unspecified atom stereocenters. The number of anilines is 1. The number of halogens is 2. The Balaban J connectivity index is 2.15. The Labute approximate surface area is 260 Å². The van der Waals surface area contributed by atoms with Crippen LogP contribution in [-0.2, 0) is 26.2 Å². The molecule has 3 aromatic rings. The summed E-state index contributed by atoms with van der Waals surface area (Å²) in [5, 5.41) is 15.0. The highest BCUT2D eigenvalue weighted by molar-refractivity contribution is 7.92. The molecule has 0 aliphatic rings. The number of nitrogens with one attached hydrogen (secondary N) is 1. The Hall–Kier alpha value is -3.87. The van der Waals surface area contributed by atoms with Crippen molar-refractivity contribution in [1.82, 2.24) is 10.2 Å². The lowest BCUT2D eigenvalue weighted by Gasteiger charge is -2.32. The molecule has 2 amide bonds. The predicted molar refractivity (Wildman–Crippen MR) is 165 cm³/mol. The van der Waals surface area contributed by atoms with Crippen molar-refractivity contribution in [3.8, 4) is 5.75 Å². The summed E-state index contributed by atoms with van der Waals surface area (Å²) in [4.78, 5) is 38.8. The topological polar surface area (TPSA) is 139 Å². The largest absolute Gasteiger partial charge is 0.495 e. The molecular formula is C29H32Cl2N4O7S. The van der Waals surface area contributed by atoms with Gasteiger partial charge in [-0.15, -0.1) is 0 Å². The summed E-state index contributed by atoms with van der Waals surface area (Å²) in [7, 11) is -3.30. The van der Waals surface area contributed by atoms with Crippen molar-refractivity contribution in [3.63, 3.8) is 0 Å². The van der Waals surface area contributed by atoms with Crippen LogP contribution in [0.1, 0.15) is 31.4 Å². The number of methoxy groups -OCH3 is 1. The molecule has 0 fully saturated rings. The Kier molecular flexibility index (Phi) is 11.4. The maximum Gasteiger partial charge on any atom is 0.273 e. The first kappa shape index (κ1) is 33.6. The minimum Gasteiger partial charge on any atom is -0.495 e. The molecule has 11 nitrogen and oxygen atoms in total. The van der Waals surface area contributed by atoms with Gasteiger partial charge >= 0.3 is 0 Å². The van der Waals surface area contributed by atoms with Crippen LogP contribution in [0.2, 0.25) is 10.0 Å². The summed E-state index contributed by atoms with van der Waals surface area (Å²) in [6.45, 7) is 4.49. The number of ether oxygens (including phenoxy) is 1. The highest BCUT2D eigenvalue weighted by Crippen LogP contribution is 2.36. The average molecular weight is 652 g/mol. The fourth-order valence-electron chi connectivity index (χ4n) is 4.21. The van der Waals surface area contributed by atoms with Gasteiger partial charge in [-0.3, -0.25) is 24.0 Å². The van der Waals surface area contributed by atoms with Gasteiger partial charge in [0.1, 0.15) is 18.3 Å². The number of carbonyl (C=O) groups excluding carboxylic acids is 2. The van der Waals surface area contributed by atoms with Gasteiger partial charge in [-0.25, -0.2) is 8.42 Å². The van der Waals surface area contributed by atoms with Crippen molar-refractivity contribution in [2.75, 3.05) is 24.5 Å². The standard InChI is InChI=1S/C29H32Cl2N4O7S/c1-5-14-32-29(37)20(3)33(17-21-7-9-22(30)10-8-21)28(36)18-34(26-15-23(31)11-13-27(26)42-4)43(40,41)24-12-6-19(2)25(16-24)35(38)39/h6-13,15-16,20H,5,14,17-18H2,1-4H3,(H,32,37)/t20-/m1/s1. The monoisotopic (exact) mass is 650 g/mol. The number of sulfonamides is 1. The first-order valence-corrected chi connectivity index (χ1v) is 15.4. The number of amides is 2. The van der Waals surface area contributed by atoms with E-state index in [0.29, 0.717) is 23.6 Å². The smallest absolute Gasteiger partial charge is 0.273 e. The van der Waals surface area contributed by atoms with Gasteiger partial charge in [-0.1, -0.05) is 48.3 Å². The molecular weight excluding hydrogens is 619 g/mol. The average Bonchev–Trinajstić information content (AvgIpc) is 2.97. The number of rotatable bonds is 13. The van der Waals surface area contributed by atoms with Crippen molar-refractivity contribution in [1.29, 1.82) is 0 Å². The van der Waals surface area contributed by atoms with Crippen molar-refractivity contribution in [2.24, 2.45) is 0 Å². The van der Waals surface area contributed by atoms with Gasteiger partial charge in [0.25, 0.3) is 15.7 Å². The van der Waals surface area contributed by atoms with Crippen LogP contribution in [0.4, 0.5) is 11.4 Å². The minimum absolute atomic E-state index is 0.0344. The fourth-order valence-corrected chi connectivity index (χ4v) is 5.94. The zero-order chi connectivity index (χ0) is 31.9. The van der Waals surface area contributed by atoms with E-state index in [4.69, 9.17) is 27.9 Å². The maximum absolute atomic E-state index is 14.1. The molecule has 0 saturated heterocycles. The molecule has 14 heteroatoms. The third-order valence-electron chi connectivity index (χ3n) is 6.64. The molecule has 3 aromatic carbocycles. The number of aryl methyl sites for hydroxylation is 1. The predicted octanol–water partition coefficient (Wildman–Crippen LogP) is 5.36. The Bertz CT molecular complexity index is 1600. The number of carbonyl (C=O) groups is 2. The Morgan fingerprint density at radius 3 is 2.30 bits per heavy atom. The zero-order valence-corrected chi connectivity index (χ0v) is 26.4. The number of nitro benzene ring substituents is 1. The SMILES string of the molecule is CCCNC(=O)[C@@H](C)N(Cc1ccc(Cl)cc1)C(=O)CN(c1cc(Cl)ccc1OC)S(=O)(=O)c1ccc(C)c([N+](=O)[O-])c1. The fraction of sp³-hybridized carbons (Fsp3) is 0.310. The van der Waals surface area contributed by atoms with Crippen LogP contribution in [0.5, 0.6) is 5.75 Å². The number of nitrogens with zero attached hydrogens (tertiary/aromatic N) is 3. The van der Waals surface area contributed by atoms with Gasteiger partial charge in [0, 0.05) is 34.8 Å². The van der Waals surface area contributed by atoms with Crippen LogP contribution in [0.25, 0.3) is 0 Å². The van der Waals surface area contributed by atoms with Crippen LogP contribution in [0.3, 0.4) is 0 Å². The lowest BCUT2D eigenvalue weighted by Crippen LogP contribution is -2.51. The molecule has 43 heavy (non-hydrogen) atoms. The number of hydrogen-bond acceptors (Lipinski definition) is 7. The second-order valence-corrected chi connectivity index (χ2v) is 12.4. The second-order valence-electron chi connectivity index (χ2n) is 9.65. The van der Waals surface area contributed by atoms with E-state index in [0.717, 1.165) is 10.4 Å². The molecule has 1 atom stereocenters. The third kappa shape index (κ3) is 8.15. The van der Waals surface area contributed by atoms with Crippen LogP contribution in [0.15, 0.2) is 65.6 Å². The molecule has 0 aliphatic carbocycles. The quantitative estimate of drug-likeness (QED) is 0.194. The maximum atomic E-state index is 14.1. The minimum atomic E-state index is -4.62. The van der Waals surface area contributed by atoms with Crippen LogP contribution in [-0.4, -0.2) is 56.3 Å². The highest BCUT2D eigenvalue weighted by atomic mass is 35.5. The Morgan fingerprint density at radius 1 is 1.05 bits per heavy atom. The molecule has 0 heterocycles. The van der Waals surface area contributed by atoms with E-state index in [1.165, 1.54) is 49.3 Å². The van der Waals surface area contributed by atoms with Crippen LogP contribution >= 0.6 is 23.2 Å². The van der Waals surface area contributed by atoms with Crippen LogP contribution < -0.4 is 14.4 Å². The second kappa shape index (κ2) is 14.5. The molecule has 0 saturated carbocycles. The summed E-state index contributed by atoms with van der Waals surface area (Å²) in [6.07, 6.45) is 0.673. The summed E-state index contributed by atoms with van der Waals surface area (Å²) >= 11 is 12.3. The zero-order valence-electron chi connectivity index (χ0n) is 24.0. The molecule has 1 N–H and O–H groups in total. The van der Waals surface area contributed by atoms with Gasteiger partial charge in [0.15, 0.2) is 0 Å². The Morgan fingerprint density at radius 2 is 1.70 bits per heavy atom. The van der Waals surface area contributed by atoms with Crippen molar-refractivity contribution >= 4 is 56.4 Å². The third-order valence-corrected chi connectivity index (χ3v) is 8.88. The van der Waals surface area contributed by atoms with Gasteiger partial charge in [0.2, 0.25) is 11.8 Å². The number of hydrogen-bond donors (Lipinski definition) is 1. The van der Waals surface area contributed by atoms with Gasteiger partial charge < -0.3 is 15.0 Å². The van der Waals surface area contributed by atoms with E-state index in [1.807, 2.05) is 6.92 Å². The first-order chi connectivity index (χ1) is 20.3.